The van der Waals surface area contributed by atoms with Crippen LogP contribution in [0.5, 0.6) is 5.75 Å². The van der Waals surface area contributed by atoms with Crippen molar-refractivity contribution in [1.29, 1.82) is 0 Å². The Bertz CT molecular complexity index is 1550. The quantitative estimate of drug-likeness (QED) is 0.102. The van der Waals surface area contributed by atoms with Crippen LogP contribution >= 0.6 is 0 Å². The molecule has 0 aliphatic heterocycles. The number of hydrogen-bond donors (Lipinski definition) is 0. The molecule has 0 saturated heterocycles. The minimum atomic E-state index is -4.41. The molecule has 0 aromatic heterocycles. The van der Waals surface area contributed by atoms with Crippen molar-refractivity contribution in [2.45, 2.75) is 63.2 Å². The Morgan fingerprint density at radius 3 is 1.79 bits per heavy atom. The van der Waals surface area contributed by atoms with Crippen LogP contribution in [-0.4, -0.2) is 23.3 Å². The van der Waals surface area contributed by atoms with Crippen LogP contribution < -0.4 is 8.89 Å². The monoisotopic (exact) mass is 680 g/mol. The Labute approximate surface area is 256 Å². The number of alkyl halides is 3. The maximum atomic E-state index is 14.1. The van der Waals surface area contributed by atoms with E-state index >= 15 is 0 Å². The molecular weight excluding hydrogens is 645 g/mol. The summed E-state index contributed by atoms with van der Waals surface area (Å²) in [6.07, 6.45) is -4.14. The summed E-state index contributed by atoms with van der Waals surface area (Å²) >= 11 is -0.197. The molecule has 4 aromatic rings. The first-order chi connectivity index (χ1) is 19.9. The molecule has 0 aliphatic carbocycles. The van der Waals surface area contributed by atoms with Crippen molar-refractivity contribution in [3.63, 3.8) is 0 Å². The molecule has 1 nitrogen and oxygen atoms in total. The summed E-state index contributed by atoms with van der Waals surface area (Å²) in [6, 6.07) is 20.5. The molecule has 1 atom stereocenters. The molecule has 0 spiro atoms. The van der Waals surface area contributed by atoms with E-state index in [1.165, 1.54) is 12.1 Å². The van der Waals surface area contributed by atoms with Crippen LogP contribution in [0, 0.1) is 24.4 Å². The van der Waals surface area contributed by atoms with Gasteiger partial charge < -0.3 is 0 Å². The van der Waals surface area contributed by atoms with Crippen LogP contribution in [0.4, 0.5) is 26.3 Å². The topological polar surface area (TPSA) is 9.23 Å². The van der Waals surface area contributed by atoms with Crippen molar-refractivity contribution < 1.29 is 30.8 Å². The maximum absolute atomic E-state index is 14.1. The fourth-order valence-electron chi connectivity index (χ4n) is 4.31. The van der Waals surface area contributed by atoms with Gasteiger partial charge in [-0.1, -0.05) is 0 Å². The fourth-order valence-corrected chi connectivity index (χ4v) is 8.10. The van der Waals surface area contributed by atoms with Gasteiger partial charge in [0.25, 0.3) is 0 Å². The Morgan fingerprint density at radius 1 is 0.767 bits per heavy atom. The SMILES string of the molecule is Cc1cc([Se]C(Cc2cc(F)c(F)c(F)c2)c2ccc(-c3ccc(C(F)(F)F)cc3)cc2)ccc1O[Si](C)(C)C(C)(C)C. The Morgan fingerprint density at radius 2 is 1.30 bits per heavy atom. The summed E-state index contributed by atoms with van der Waals surface area (Å²) in [5.74, 6) is -3.13. The van der Waals surface area contributed by atoms with Crippen LogP contribution in [0.25, 0.3) is 11.1 Å². The van der Waals surface area contributed by atoms with E-state index in [1.54, 1.807) is 0 Å². The van der Waals surface area contributed by atoms with Crippen molar-refractivity contribution in [1.82, 2.24) is 0 Å². The Kier molecular flexibility index (Phi) is 9.60. The zero-order valence-electron chi connectivity index (χ0n) is 24.9. The zero-order chi connectivity index (χ0) is 31.7. The van der Waals surface area contributed by atoms with Gasteiger partial charge in [0.15, 0.2) is 0 Å². The van der Waals surface area contributed by atoms with Crippen LogP contribution in [0.15, 0.2) is 78.9 Å². The molecule has 0 fully saturated rings. The van der Waals surface area contributed by atoms with Gasteiger partial charge in [-0.2, -0.15) is 0 Å². The molecule has 1 unspecified atom stereocenters. The molecule has 4 aromatic carbocycles. The van der Waals surface area contributed by atoms with Crippen molar-refractivity contribution in [3.8, 4) is 16.9 Å². The number of benzene rings is 4. The second kappa shape index (κ2) is 12.5. The normalized spacial score (nSPS) is 13.2. The molecular formula is C34H34F6OSeSi. The van der Waals surface area contributed by atoms with Gasteiger partial charge in [0.1, 0.15) is 0 Å². The summed E-state index contributed by atoms with van der Waals surface area (Å²) in [7, 11) is -2.04. The van der Waals surface area contributed by atoms with Gasteiger partial charge in [-0.25, -0.2) is 0 Å². The molecule has 0 radical (unpaired) electrons. The Balaban J connectivity index is 1.64. The molecule has 9 heteroatoms. The second-order valence-electron chi connectivity index (χ2n) is 12.2. The van der Waals surface area contributed by atoms with E-state index in [1.807, 2.05) is 43.3 Å². The number of aryl methyl sites for hydroxylation is 1. The van der Waals surface area contributed by atoms with Gasteiger partial charge >= 0.3 is 257 Å². The molecule has 228 valence electrons. The molecule has 43 heavy (non-hydrogen) atoms. The van der Waals surface area contributed by atoms with Gasteiger partial charge in [0, 0.05) is 0 Å². The van der Waals surface area contributed by atoms with Crippen molar-refractivity contribution >= 4 is 27.7 Å². The second-order valence-corrected chi connectivity index (χ2v) is 19.6. The van der Waals surface area contributed by atoms with Crippen LogP contribution in [0.2, 0.25) is 18.1 Å². The van der Waals surface area contributed by atoms with E-state index in [0.717, 1.165) is 51.2 Å². The van der Waals surface area contributed by atoms with E-state index in [0.29, 0.717) is 11.1 Å². The fraction of sp³-hybridized carbons (Fsp3) is 0.294. The van der Waals surface area contributed by atoms with Gasteiger partial charge in [0.05, 0.1) is 0 Å². The first kappa shape index (κ1) is 32.9. The predicted octanol–water partition coefficient (Wildman–Crippen LogP) is 9.80. The molecule has 4 rings (SSSR count). The van der Waals surface area contributed by atoms with Gasteiger partial charge in [-0.15, -0.1) is 0 Å². The van der Waals surface area contributed by atoms with Crippen LogP contribution in [0.3, 0.4) is 0 Å². The summed E-state index contributed by atoms with van der Waals surface area (Å²) in [5, 5.41) is 0.0411. The molecule has 0 N–H and O–H groups in total. The van der Waals surface area contributed by atoms with Crippen LogP contribution in [0.1, 0.15) is 47.8 Å². The van der Waals surface area contributed by atoms with Gasteiger partial charge in [0.2, 0.25) is 0 Å². The van der Waals surface area contributed by atoms with Crippen molar-refractivity contribution in [3.05, 3.63) is 119 Å². The van der Waals surface area contributed by atoms with E-state index in [4.69, 9.17) is 4.43 Å². The zero-order valence-corrected chi connectivity index (χ0v) is 27.6. The first-order valence-corrected chi connectivity index (χ1v) is 18.6. The van der Waals surface area contributed by atoms with Crippen molar-refractivity contribution in [2.24, 2.45) is 0 Å². The number of hydrogen-bond acceptors (Lipinski definition) is 1. The standard InChI is InChI=1S/C34H34F6OSeSi/c1-21-17-27(15-16-30(21)41-43(5,6)33(2,3)4)42-31(20-22-18-28(35)32(37)29(36)19-22)25-9-7-23(8-10-25)24-11-13-26(14-12-24)34(38,39)40/h7-19,31H,20H2,1-6H3. The summed E-state index contributed by atoms with van der Waals surface area (Å²) in [6.45, 7) is 12.9. The van der Waals surface area contributed by atoms with E-state index in [-0.39, 0.29) is 31.2 Å². The van der Waals surface area contributed by atoms with Gasteiger partial charge in [-0.05, 0) is 0 Å². The third-order valence-electron chi connectivity index (χ3n) is 7.89. The summed E-state index contributed by atoms with van der Waals surface area (Å²) < 4.78 is 88.4. The Hall–Kier alpha value is -3.00. The summed E-state index contributed by atoms with van der Waals surface area (Å²) in [4.78, 5) is -0.162. The van der Waals surface area contributed by atoms with Gasteiger partial charge in [-0.3, -0.25) is 0 Å². The predicted molar refractivity (Wildman–Crippen MR) is 164 cm³/mol. The third kappa shape index (κ3) is 7.94. The van der Waals surface area contributed by atoms with Crippen LogP contribution in [-0.2, 0) is 12.6 Å². The molecule has 0 bridgehead atoms. The minimum absolute atomic E-state index is 0.0411. The summed E-state index contributed by atoms with van der Waals surface area (Å²) in [5.41, 5.74) is 2.90. The van der Waals surface area contributed by atoms with E-state index in [2.05, 4.69) is 39.9 Å². The van der Waals surface area contributed by atoms with E-state index < -0.39 is 37.5 Å². The van der Waals surface area contributed by atoms with Crippen molar-refractivity contribution in [2.75, 3.05) is 0 Å². The average Bonchev–Trinajstić information content (AvgIpc) is 2.92. The average molecular weight is 680 g/mol. The third-order valence-corrected chi connectivity index (χ3v) is 14.9. The number of rotatable bonds is 8. The molecule has 0 heterocycles. The first-order valence-electron chi connectivity index (χ1n) is 13.8. The molecule has 0 amide bonds. The van der Waals surface area contributed by atoms with E-state index in [9.17, 15) is 26.3 Å². The molecule has 0 saturated carbocycles. The number of halogens is 6. The molecule has 0 aliphatic rings.